The molecule has 0 amide bonds. The standard InChI is InChI=1S/C23H25N5O/c1-3-28-15-14-24-20(28)16-27(2)17-21-25-23(26-29-21)22(18-10-6-4-7-11-18)19-12-8-5-9-13-19/h4-15,22H,3,16-17H2,1-2H3. The van der Waals surface area contributed by atoms with Gasteiger partial charge in [0.1, 0.15) is 5.82 Å². The molecule has 4 aromatic rings. The maximum absolute atomic E-state index is 5.61. The van der Waals surface area contributed by atoms with Crippen LogP contribution >= 0.6 is 0 Å². The summed E-state index contributed by atoms with van der Waals surface area (Å²) < 4.78 is 7.74. The van der Waals surface area contributed by atoms with E-state index in [0.29, 0.717) is 18.3 Å². The molecular formula is C23H25N5O. The van der Waals surface area contributed by atoms with Crippen molar-refractivity contribution in [1.82, 2.24) is 24.6 Å². The second-order valence-corrected chi connectivity index (χ2v) is 7.10. The smallest absolute Gasteiger partial charge is 0.240 e. The topological polar surface area (TPSA) is 60.0 Å². The molecule has 6 heteroatoms. The molecule has 0 radical (unpaired) electrons. The number of hydrogen-bond acceptors (Lipinski definition) is 5. The van der Waals surface area contributed by atoms with Crippen LogP contribution in [0, 0.1) is 0 Å². The number of imidazole rings is 1. The van der Waals surface area contributed by atoms with Crippen molar-refractivity contribution < 1.29 is 4.52 Å². The Morgan fingerprint density at radius 1 is 0.966 bits per heavy atom. The summed E-state index contributed by atoms with van der Waals surface area (Å²) >= 11 is 0. The fourth-order valence-electron chi connectivity index (χ4n) is 3.54. The van der Waals surface area contributed by atoms with Gasteiger partial charge in [-0.3, -0.25) is 4.90 Å². The highest BCUT2D eigenvalue weighted by molar-refractivity contribution is 5.37. The first-order valence-electron chi connectivity index (χ1n) is 9.85. The zero-order chi connectivity index (χ0) is 20.1. The minimum atomic E-state index is -0.0563. The minimum Gasteiger partial charge on any atom is -0.338 e. The van der Waals surface area contributed by atoms with E-state index in [9.17, 15) is 0 Å². The van der Waals surface area contributed by atoms with E-state index < -0.39 is 0 Å². The van der Waals surface area contributed by atoms with Crippen LogP contribution in [0.15, 0.2) is 77.6 Å². The number of aromatic nitrogens is 4. The Morgan fingerprint density at radius 3 is 2.24 bits per heavy atom. The highest BCUT2D eigenvalue weighted by Gasteiger charge is 2.22. The summed E-state index contributed by atoms with van der Waals surface area (Å²) in [5.41, 5.74) is 2.29. The SMILES string of the molecule is CCn1ccnc1CN(C)Cc1nc(C(c2ccccc2)c2ccccc2)no1. The fraction of sp³-hybridized carbons (Fsp3) is 0.261. The maximum Gasteiger partial charge on any atom is 0.240 e. The average Bonchev–Trinajstić information content (AvgIpc) is 3.39. The Kier molecular flexibility index (Phi) is 5.81. The van der Waals surface area contributed by atoms with Gasteiger partial charge in [-0.1, -0.05) is 65.8 Å². The van der Waals surface area contributed by atoms with Gasteiger partial charge in [0.25, 0.3) is 0 Å². The Morgan fingerprint density at radius 2 is 1.62 bits per heavy atom. The number of nitrogens with zero attached hydrogens (tertiary/aromatic N) is 5. The van der Waals surface area contributed by atoms with Crippen molar-refractivity contribution in [3.05, 3.63) is 102 Å². The molecule has 0 spiro atoms. The maximum atomic E-state index is 5.61. The molecule has 0 N–H and O–H groups in total. The van der Waals surface area contributed by atoms with E-state index in [-0.39, 0.29) is 5.92 Å². The molecule has 0 aliphatic rings. The monoisotopic (exact) mass is 387 g/mol. The lowest BCUT2D eigenvalue weighted by molar-refractivity contribution is 0.253. The Hall–Kier alpha value is -3.25. The van der Waals surface area contributed by atoms with Crippen LogP contribution in [0.2, 0.25) is 0 Å². The summed E-state index contributed by atoms with van der Waals surface area (Å²) in [5, 5.41) is 4.32. The Labute approximate surface area is 170 Å². The summed E-state index contributed by atoms with van der Waals surface area (Å²) in [6.07, 6.45) is 3.83. The van der Waals surface area contributed by atoms with Gasteiger partial charge in [0.2, 0.25) is 5.89 Å². The molecule has 0 fully saturated rings. The first-order valence-corrected chi connectivity index (χ1v) is 9.85. The van der Waals surface area contributed by atoms with E-state index in [2.05, 4.69) is 50.8 Å². The molecule has 0 unspecified atom stereocenters. The quantitative estimate of drug-likeness (QED) is 0.456. The predicted octanol–water partition coefficient (Wildman–Crippen LogP) is 4.10. The summed E-state index contributed by atoms with van der Waals surface area (Å²) in [4.78, 5) is 11.3. The largest absolute Gasteiger partial charge is 0.338 e. The molecule has 2 aromatic carbocycles. The highest BCUT2D eigenvalue weighted by atomic mass is 16.5. The van der Waals surface area contributed by atoms with Gasteiger partial charge in [0.05, 0.1) is 19.0 Å². The number of aryl methyl sites for hydroxylation is 1. The van der Waals surface area contributed by atoms with Crippen molar-refractivity contribution in [2.45, 2.75) is 32.5 Å². The predicted molar refractivity (Wildman–Crippen MR) is 111 cm³/mol. The van der Waals surface area contributed by atoms with Gasteiger partial charge in [-0.05, 0) is 25.1 Å². The first kappa shape index (κ1) is 19.1. The summed E-state index contributed by atoms with van der Waals surface area (Å²) in [7, 11) is 2.03. The van der Waals surface area contributed by atoms with Crippen LogP contribution in [0.5, 0.6) is 0 Å². The molecule has 148 valence electrons. The van der Waals surface area contributed by atoms with Crippen molar-refractivity contribution in [3.63, 3.8) is 0 Å². The molecule has 29 heavy (non-hydrogen) atoms. The fourth-order valence-corrected chi connectivity index (χ4v) is 3.54. The van der Waals surface area contributed by atoms with E-state index in [4.69, 9.17) is 9.51 Å². The first-order chi connectivity index (χ1) is 14.2. The molecule has 2 aromatic heterocycles. The van der Waals surface area contributed by atoms with Gasteiger partial charge >= 0.3 is 0 Å². The van der Waals surface area contributed by atoms with Crippen molar-refractivity contribution >= 4 is 0 Å². The van der Waals surface area contributed by atoms with Crippen LogP contribution in [0.3, 0.4) is 0 Å². The number of rotatable bonds is 8. The molecule has 4 rings (SSSR count). The average molecular weight is 387 g/mol. The van der Waals surface area contributed by atoms with Crippen LogP contribution in [0.1, 0.15) is 41.5 Å². The molecule has 0 saturated heterocycles. The molecule has 0 bridgehead atoms. The molecule has 2 heterocycles. The van der Waals surface area contributed by atoms with Crippen molar-refractivity contribution in [3.8, 4) is 0 Å². The van der Waals surface area contributed by atoms with Crippen molar-refractivity contribution in [1.29, 1.82) is 0 Å². The third-order valence-corrected chi connectivity index (χ3v) is 4.97. The summed E-state index contributed by atoms with van der Waals surface area (Å²) in [6, 6.07) is 20.6. The normalized spacial score (nSPS) is 11.4. The van der Waals surface area contributed by atoms with Gasteiger partial charge in [0, 0.05) is 18.9 Å². The van der Waals surface area contributed by atoms with Crippen molar-refractivity contribution in [2.75, 3.05) is 7.05 Å². The van der Waals surface area contributed by atoms with Gasteiger partial charge in [-0.2, -0.15) is 4.98 Å². The summed E-state index contributed by atoms with van der Waals surface area (Å²) in [6.45, 7) is 4.31. The van der Waals surface area contributed by atoms with E-state index in [0.717, 1.165) is 30.0 Å². The number of benzene rings is 2. The van der Waals surface area contributed by atoms with E-state index in [1.165, 1.54) is 0 Å². The zero-order valence-corrected chi connectivity index (χ0v) is 16.8. The zero-order valence-electron chi connectivity index (χ0n) is 16.8. The van der Waals surface area contributed by atoms with Crippen LogP contribution in [0.25, 0.3) is 0 Å². The van der Waals surface area contributed by atoms with Crippen molar-refractivity contribution in [2.24, 2.45) is 0 Å². The van der Waals surface area contributed by atoms with Gasteiger partial charge in [-0.15, -0.1) is 0 Å². The van der Waals surface area contributed by atoms with E-state index in [1.807, 2.05) is 55.8 Å². The molecule has 0 atom stereocenters. The summed E-state index contributed by atoms with van der Waals surface area (Å²) in [5.74, 6) is 2.26. The van der Waals surface area contributed by atoms with Gasteiger partial charge < -0.3 is 9.09 Å². The molecule has 0 aliphatic carbocycles. The second kappa shape index (κ2) is 8.84. The van der Waals surface area contributed by atoms with Crippen LogP contribution in [-0.2, 0) is 19.6 Å². The van der Waals surface area contributed by atoms with Crippen LogP contribution in [0.4, 0.5) is 0 Å². The highest BCUT2D eigenvalue weighted by Crippen LogP contribution is 2.29. The second-order valence-electron chi connectivity index (χ2n) is 7.10. The van der Waals surface area contributed by atoms with Gasteiger partial charge in [-0.25, -0.2) is 4.98 Å². The lowest BCUT2D eigenvalue weighted by atomic mass is 9.91. The molecular weight excluding hydrogens is 362 g/mol. The molecule has 0 aliphatic heterocycles. The number of hydrogen-bond donors (Lipinski definition) is 0. The Bertz CT molecular complexity index is 986. The van der Waals surface area contributed by atoms with Crippen LogP contribution in [-0.4, -0.2) is 31.6 Å². The Balaban J connectivity index is 1.54. The third kappa shape index (κ3) is 4.43. The lowest BCUT2D eigenvalue weighted by Gasteiger charge is -2.15. The van der Waals surface area contributed by atoms with E-state index in [1.54, 1.807) is 0 Å². The third-order valence-electron chi connectivity index (χ3n) is 4.97. The minimum absolute atomic E-state index is 0.0563. The van der Waals surface area contributed by atoms with E-state index >= 15 is 0 Å². The molecule has 6 nitrogen and oxygen atoms in total. The van der Waals surface area contributed by atoms with Gasteiger partial charge in [0.15, 0.2) is 5.82 Å². The lowest BCUT2D eigenvalue weighted by Crippen LogP contribution is -2.20. The molecule has 0 saturated carbocycles. The van der Waals surface area contributed by atoms with Crippen LogP contribution < -0.4 is 0 Å².